The van der Waals surface area contributed by atoms with Crippen molar-refractivity contribution < 1.29 is 0 Å². The molecule has 0 aromatic rings. The smallest absolute Gasteiger partial charge is 0.114 e. The van der Waals surface area contributed by atoms with Crippen LogP contribution in [0.5, 0.6) is 0 Å². The Balaban J connectivity index is 1.55. The third kappa shape index (κ3) is 1.92. The molecule has 3 saturated carbocycles. The van der Waals surface area contributed by atoms with Gasteiger partial charge in [0.2, 0.25) is 0 Å². The fourth-order valence-corrected chi connectivity index (χ4v) is 4.81. The third-order valence-corrected chi connectivity index (χ3v) is 6.38. The van der Waals surface area contributed by atoms with Crippen LogP contribution in [0.2, 0.25) is 0 Å². The molecule has 2 nitrogen and oxygen atoms in total. The maximum Gasteiger partial charge on any atom is 0.114 e. The van der Waals surface area contributed by atoms with Crippen LogP contribution in [0.4, 0.5) is 0 Å². The highest BCUT2D eigenvalue weighted by Crippen LogP contribution is 2.51. The largest absolute Gasteiger partial charge is 0.370 e. The molecule has 5 rings (SSSR count). The van der Waals surface area contributed by atoms with Gasteiger partial charge in [-0.25, -0.2) is 0 Å². The zero-order valence-corrected chi connectivity index (χ0v) is 12.9. The first-order valence-corrected chi connectivity index (χ1v) is 8.29. The summed E-state index contributed by atoms with van der Waals surface area (Å²) in [4.78, 5) is 4.53. The molecule has 1 unspecified atom stereocenters. The van der Waals surface area contributed by atoms with E-state index in [0.717, 1.165) is 17.6 Å². The third-order valence-electron chi connectivity index (χ3n) is 5.94. The summed E-state index contributed by atoms with van der Waals surface area (Å²) in [6.45, 7) is 1.11. The van der Waals surface area contributed by atoms with Crippen LogP contribution >= 0.6 is 11.6 Å². The summed E-state index contributed by atoms with van der Waals surface area (Å²) in [5.41, 5.74) is 1.79. The number of rotatable bonds is 2. The Morgan fingerprint density at radius 1 is 1.20 bits per heavy atom. The molecule has 0 spiro atoms. The molecule has 2 aliphatic heterocycles. The van der Waals surface area contributed by atoms with E-state index in [4.69, 9.17) is 11.6 Å². The zero-order valence-electron chi connectivity index (χ0n) is 12.2. The highest BCUT2D eigenvalue weighted by molar-refractivity contribution is 6.30. The lowest BCUT2D eigenvalue weighted by Gasteiger charge is -2.49. The number of halogens is 1. The second kappa shape index (κ2) is 4.56. The standard InChI is InChI=1S/C17H23ClN2/c1-19-10-5-14-15(19)6-11-20(16(14)18)12-17-7-2-13(3-8-17)4-9-17/h5-6,10-11,13,15H,2-4,7-9,12H2,1H3. The first kappa shape index (κ1) is 12.8. The Kier molecular flexibility index (Phi) is 2.92. The summed E-state index contributed by atoms with van der Waals surface area (Å²) in [7, 11) is 2.11. The van der Waals surface area contributed by atoms with Gasteiger partial charge in [0.15, 0.2) is 0 Å². The summed E-state index contributed by atoms with van der Waals surface area (Å²) < 4.78 is 0. The van der Waals surface area contributed by atoms with E-state index in [9.17, 15) is 0 Å². The SMILES string of the molecule is CN1C=CC2=C(Cl)N(CC34CCC(CC3)CC4)C=CC21. The van der Waals surface area contributed by atoms with Gasteiger partial charge >= 0.3 is 0 Å². The molecule has 20 heavy (non-hydrogen) atoms. The maximum absolute atomic E-state index is 6.68. The maximum atomic E-state index is 6.68. The van der Waals surface area contributed by atoms with Crippen LogP contribution in [0.1, 0.15) is 38.5 Å². The van der Waals surface area contributed by atoms with Crippen molar-refractivity contribution in [3.05, 3.63) is 35.3 Å². The van der Waals surface area contributed by atoms with Crippen molar-refractivity contribution in [1.29, 1.82) is 0 Å². The van der Waals surface area contributed by atoms with E-state index < -0.39 is 0 Å². The molecular formula is C17H23ClN2. The van der Waals surface area contributed by atoms with E-state index in [1.807, 2.05) is 0 Å². The molecule has 3 fully saturated rings. The van der Waals surface area contributed by atoms with Crippen LogP contribution in [-0.2, 0) is 0 Å². The fraction of sp³-hybridized carbons (Fsp3) is 0.647. The predicted molar refractivity (Wildman–Crippen MR) is 83.0 cm³/mol. The van der Waals surface area contributed by atoms with Crippen molar-refractivity contribution in [3.63, 3.8) is 0 Å². The van der Waals surface area contributed by atoms with Crippen LogP contribution in [0.25, 0.3) is 0 Å². The Bertz CT molecular complexity index is 483. The summed E-state index contributed by atoms with van der Waals surface area (Å²) >= 11 is 6.68. The van der Waals surface area contributed by atoms with Gasteiger partial charge in [0.25, 0.3) is 0 Å². The van der Waals surface area contributed by atoms with Crippen molar-refractivity contribution in [2.75, 3.05) is 13.6 Å². The molecule has 0 radical (unpaired) electrons. The number of hydrogen-bond donors (Lipinski definition) is 0. The Morgan fingerprint density at radius 3 is 2.60 bits per heavy atom. The van der Waals surface area contributed by atoms with E-state index in [-0.39, 0.29) is 0 Å². The molecule has 0 saturated heterocycles. The molecule has 3 aliphatic carbocycles. The first-order valence-electron chi connectivity index (χ1n) is 7.92. The van der Waals surface area contributed by atoms with Crippen molar-refractivity contribution in [1.82, 2.24) is 9.80 Å². The molecule has 3 heteroatoms. The molecule has 0 aromatic carbocycles. The van der Waals surface area contributed by atoms with Crippen LogP contribution in [-0.4, -0.2) is 29.4 Å². The molecule has 5 aliphatic rings. The minimum Gasteiger partial charge on any atom is -0.370 e. The lowest BCUT2D eigenvalue weighted by atomic mass is 9.60. The molecule has 0 aromatic heterocycles. The van der Waals surface area contributed by atoms with Gasteiger partial charge in [-0.05, 0) is 62.0 Å². The minimum atomic E-state index is 0.346. The predicted octanol–water partition coefficient (Wildman–Crippen LogP) is 4.06. The Labute approximate surface area is 126 Å². The number of nitrogens with zero attached hydrogens (tertiary/aromatic N) is 2. The van der Waals surface area contributed by atoms with Crippen molar-refractivity contribution in [2.45, 2.75) is 44.6 Å². The normalized spacial score (nSPS) is 38.9. The molecule has 108 valence electrons. The fourth-order valence-electron chi connectivity index (χ4n) is 4.52. The van der Waals surface area contributed by atoms with E-state index in [2.05, 4.69) is 41.4 Å². The van der Waals surface area contributed by atoms with Gasteiger partial charge in [0.05, 0.1) is 6.04 Å². The van der Waals surface area contributed by atoms with Gasteiger partial charge in [-0.2, -0.15) is 0 Å². The van der Waals surface area contributed by atoms with Crippen molar-refractivity contribution in [3.8, 4) is 0 Å². The zero-order chi connectivity index (χ0) is 13.7. The van der Waals surface area contributed by atoms with Crippen LogP contribution in [0.15, 0.2) is 35.3 Å². The Hall–Kier alpha value is -0.890. The van der Waals surface area contributed by atoms with Crippen molar-refractivity contribution in [2.24, 2.45) is 11.3 Å². The Morgan fingerprint density at radius 2 is 1.90 bits per heavy atom. The highest BCUT2D eigenvalue weighted by atomic mass is 35.5. The average molecular weight is 291 g/mol. The molecular weight excluding hydrogens is 268 g/mol. The monoisotopic (exact) mass is 290 g/mol. The second-order valence-corrected chi connectivity index (χ2v) is 7.48. The van der Waals surface area contributed by atoms with Gasteiger partial charge in [0.1, 0.15) is 5.16 Å². The minimum absolute atomic E-state index is 0.346. The van der Waals surface area contributed by atoms with E-state index >= 15 is 0 Å². The highest BCUT2D eigenvalue weighted by Gasteiger charge is 2.42. The summed E-state index contributed by atoms with van der Waals surface area (Å²) in [6, 6.07) is 0.346. The average Bonchev–Trinajstić information content (AvgIpc) is 2.86. The number of fused-ring (bicyclic) bond motifs is 4. The molecule has 2 bridgehead atoms. The van der Waals surface area contributed by atoms with Gasteiger partial charge in [-0.3, -0.25) is 0 Å². The van der Waals surface area contributed by atoms with E-state index in [0.29, 0.717) is 11.5 Å². The molecule has 2 heterocycles. The second-order valence-electron chi connectivity index (χ2n) is 7.12. The number of likely N-dealkylation sites (N-methyl/N-ethyl adjacent to an activating group) is 1. The van der Waals surface area contributed by atoms with E-state index in [1.165, 1.54) is 44.1 Å². The summed E-state index contributed by atoms with van der Waals surface area (Å²) in [5, 5.41) is 0.945. The molecule has 1 atom stereocenters. The van der Waals surface area contributed by atoms with Gasteiger partial charge in [-0.15, -0.1) is 0 Å². The lowest BCUT2D eigenvalue weighted by Crippen LogP contribution is -2.42. The van der Waals surface area contributed by atoms with Crippen LogP contribution in [0, 0.1) is 11.3 Å². The number of hydrogen-bond acceptors (Lipinski definition) is 2. The van der Waals surface area contributed by atoms with Gasteiger partial charge < -0.3 is 9.80 Å². The lowest BCUT2D eigenvalue weighted by molar-refractivity contribution is 0.0468. The summed E-state index contributed by atoms with van der Waals surface area (Å²) in [6.07, 6.45) is 17.3. The van der Waals surface area contributed by atoms with Crippen LogP contribution in [0.3, 0.4) is 0 Å². The summed E-state index contributed by atoms with van der Waals surface area (Å²) in [5.74, 6) is 1.03. The van der Waals surface area contributed by atoms with E-state index in [1.54, 1.807) is 0 Å². The molecule has 0 amide bonds. The quantitative estimate of drug-likeness (QED) is 0.708. The van der Waals surface area contributed by atoms with Crippen LogP contribution < -0.4 is 0 Å². The molecule has 0 N–H and O–H groups in total. The van der Waals surface area contributed by atoms with Gasteiger partial charge in [0, 0.05) is 31.6 Å². The van der Waals surface area contributed by atoms with Gasteiger partial charge in [-0.1, -0.05) is 11.6 Å². The van der Waals surface area contributed by atoms with Crippen molar-refractivity contribution >= 4 is 11.6 Å². The first-order chi connectivity index (χ1) is 9.67. The topological polar surface area (TPSA) is 6.48 Å².